The van der Waals surface area contributed by atoms with E-state index in [4.69, 9.17) is 0 Å². The Balaban J connectivity index is 2.49. The molecule has 0 saturated carbocycles. The standard InChI is InChI=1S/C10H19N3/c1-4-9(2)10(11-3)8-13-7-5-6-12-13/h5-7,9-11H,4,8H2,1-3H3. The molecule has 1 rings (SSSR count). The molecule has 0 radical (unpaired) electrons. The van der Waals surface area contributed by atoms with E-state index in [0.717, 1.165) is 6.54 Å². The lowest BCUT2D eigenvalue weighted by Crippen LogP contribution is -2.36. The third kappa shape index (κ3) is 2.84. The average Bonchev–Trinajstić information content (AvgIpc) is 2.65. The first kappa shape index (κ1) is 10.3. The van der Waals surface area contributed by atoms with Crippen molar-refractivity contribution in [1.29, 1.82) is 0 Å². The molecule has 0 aliphatic heterocycles. The molecule has 2 unspecified atom stereocenters. The molecule has 2 atom stereocenters. The van der Waals surface area contributed by atoms with E-state index in [1.165, 1.54) is 6.42 Å². The van der Waals surface area contributed by atoms with Gasteiger partial charge in [0.2, 0.25) is 0 Å². The maximum absolute atomic E-state index is 4.20. The molecule has 3 nitrogen and oxygen atoms in total. The topological polar surface area (TPSA) is 29.9 Å². The van der Waals surface area contributed by atoms with Gasteiger partial charge in [0.15, 0.2) is 0 Å². The van der Waals surface area contributed by atoms with Gasteiger partial charge in [0.25, 0.3) is 0 Å². The zero-order valence-electron chi connectivity index (χ0n) is 8.70. The smallest absolute Gasteiger partial charge is 0.0565 e. The van der Waals surface area contributed by atoms with E-state index in [2.05, 4.69) is 24.3 Å². The predicted octanol–water partition coefficient (Wildman–Crippen LogP) is 1.52. The van der Waals surface area contributed by atoms with Gasteiger partial charge in [0.1, 0.15) is 0 Å². The van der Waals surface area contributed by atoms with Crippen LogP contribution in [0.25, 0.3) is 0 Å². The molecule has 1 aromatic heterocycles. The van der Waals surface area contributed by atoms with E-state index in [1.807, 2.05) is 30.2 Å². The molecule has 0 fully saturated rings. The fourth-order valence-corrected chi connectivity index (χ4v) is 1.45. The molecule has 0 spiro atoms. The van der Waals surface area contributed by atoms with Gasteiger partial charge in [-0.3, -0.25) is 4.68 Å². The van der Waals surface area contributed by atoms with Crippen molar-refractivity contribution in [3.8, 4) is 0 Å². The van der Waals surface area contributed by atoms with E-state index in [0.29, 0.717) is 12.0 Å². The van der Waals surface area contributed by atoms with Crippen LogP contribution in [0.15, 0.2) is 18.5 Å². The summed E-state index contributed by atoms with van der Waals surface area (Å²) >= 11 is 0. The van der Waals surface area contributed by atoms with E-state index >= 15 is 0 Å². The summed E-state index contributed by atoms with van der Waals surface area (Å²) in [5.74, 6) is 0.689. The van der Waals surface area contributed by atoms with Crippen molar-refractivity contribution in [2.75, 3.05) is 7.05 Å². The summed E-state index contributed by atoms with van der Waals surface area (Å²) in [4.78, 5) is 0. The molecule has 0 aliphatic carbocycles. The SMILES string of the molecule is CCC(C)C(Cn1cccn1)NC. The number of rotatable bonds is 5. The molecule has 0 aromatic carbocycles. The van der Waals surface area contributed by atoms with Gasteiger partial charge in [-0.05, 0) is 19.0 Å². The van der Waals surface area contributed by atoms with Crippen LogP contribution in [-0.2, 0) is 6.54 Å². The Labute approximate surface area is 80.1 Å². The zero-order chi connectivity index (χ0) is 9.68. The first-order valence-corrected chi connectivity index (χ1v) is 4.92. The van der Waals surface area contributed by atoms with Crippen LogP contribution < -0.4 is 5.32 Å². The number of nitrogens with zero attached hydrogens (tertiary/aromatic N) is 2. The molecule has 0 amide bonds. The van der Waals surface area contributed by atoms with Gasteiger partial charge >= 0.3 is 0 Å². The highest BCUT2D eigenvalue weighted by Gasteiger charge is 2.13. The Kier molecular flexibility index (Phi) is 3.96. The average molecular weight is 181 g/mol. The number of nitrogens with one attached hydrogen (secondary N) is 1. The molecule has 3 heteroatoms. The quantitative estimate of drug-likeness (QED) is 0.746. The lowest BCUT2D eigenvalue weighted by Gasteiger charge is -2.22. The van der Waals surface area contributed by atoms with E-state index < -0.39 is 0 Å². The van der Waals surface area contributed by atoms with Crippen LogP contribution in [0.2, 0.25) is 0 Å². The highest BCUT2D eigenvalue weighted by Crippen LogP contribution is 2.08. The number of hydrogen-bond acceptors (Lipinski definition) is 2. The summed E-state index contributed by atoms with van der Waals surface area (Å²) in [6.07, 6.45) is 5.03. The summed E-state index contributed by atoms with van der Waals surface area (Å²) in [6.45, 7) is 5.45. The number of aromatic nitrogens is 2. The molecule has 1 aromatic rings. The van der Waals surface area contributed by atoms with Crippen LogP contribution in [-0.4, -0.2) is 22.9 Å². The summed E-state index contributed by atoms with van der Waals surface area (Å²) in [5.41, 5.74) is 0. The third-order valence-corrected chi connectivity index (χ3v) is 2.64. The van der Waals surface area contributed by atoms with Crippen LogP contribution in [0, 0.1) is 5.92 Å². The molecule has 0 bridgehead atoms. The van der Waals surface area contributed by atoms with Crippen molar-refractivity contribution in [1.82, 2.24) is 15.1 Å². The Hall–Kier alpha value is -0.830. The second kappa shape index (κ2) is 5.02. The Bertz CT molecular complexity index is 218. The van der Waals surface area contributed by atoms with Gasteiger partial charge in [-0.15, -0.1) is 0 Å². The van der Waals surface area contributed by atoms with Crippen molar-refractivity contribution in [3.05, 3.63) is 18.5 Å². The van der Waals surface area contributed by atoms with Crippen LogP contribution in [0.5, 0.6) is 0 Å². The fourth-order valence-electron chi connectivity index (χ4n) is 1.45. The minimum Gasteiger partial charge on any atom is -0.315 e. The van der Waals surface area contributed by atoms with Gasteiger partial charge < -0.3 is 5.32 Å². The molecule has 13 heavy (non-hydrogen) atoms. The van der Waals surface area contributed by atoms with Gasteiger partial charge in [-0.25, -0.2) is 0 Å². The highest BCUT2D eigenvalue weighted by atomic mass is 15.3. The van der Waals surface area contributed by atoms with Crippen LogP contribution in [0.1, 0.15) is 20.3 Å². The third-order valence-electron chi connectivity index (χ3n) is 2.64. The molecule has 74 valence electrons. The summed E-state index contributed by atoms with van der Waals surface area (Å²) in [5, 5.41) is 7.53. The number of likely N-dealkylation sites (N-methyl/N-ethyl adjacent to an activating group) is 1. The molecular weight excluding hydrogens is 162 g/mol. The minimum absolute atomic E-state index is 0.518. The van der Waals surface area contributed by atoms with E-state index in [1.54, 1.807) is 0 Å². The van der Waals surface area contributed by atoms with Gasteiger partial charge in [-0.1, -0.05) is 20.3 Å². The fraction of sp³-hybridized carbons (Fsp3) is 0.700. The zero-order valence-corrected chi connectivity index (χ0v) is 8.70. The first-order chi connectivity index (χ1) is 6.27. The summed E-state index contributed by atoms with van der Waals surface area (Å²) < 4.78 is 1.98. The number of hydrogen-bond donors (Lipinski definition) is 1. The van der Waals surface area contributed by atoms with Crippen molar-refractivity contribution in [3.63, 3.8) is 0 Å². The normalized spacial score (nSPS) is 15.6. The highest BCUT2D eigenvalue weighted by molar-refractivity contribution is 4.80. The van der Waals surface area contributed by atoms with Gasteiger partial charge in [0, 0.05) is 18.4 Å². The predicted molar refractivity (Wildman–Crippen MR) is 54.5 cm³/mol. The molecular formula is C10H19N3. The maximum atomic E-state index is 4.20. The van der Waals surface area contributed by atoms with Crippen LogP contribution >= 0.6 is 0 Å². The Morgan fingerprint density at radius 1 is 1.54 bits per heavy atom. The largest absolute Gasteiger partial charge is 0.315 e. The van der Waals surface area contributed by atoms with Crippen LogP contribution in [0.4, 0.5) is 0 Å². The van der Waals surface area contributed by atoms with Crippen molar-refractivity contribution in [2.45, 2.75) is 32.9 Å². The molecule has 0 aliphatic rings. The lowest BCUT2D eigenvalue weighted by molar-refractivity contribution is 0.336. The van der Waals surface area contributed by atoms with E-state index in [9.17, 15) is 0 Å². The second-order valence-electron chi connectivity index (χ2n) is 3.51. The Morgan fingerprint density at radius 3 is 2.77 bits per heavy atom. The molecule has 1 heterocycles. The van der Waals surface area contributed by atoms with Crippen LogP contribution in [0.3, 0.4) is 0 Å². The first-order valence-electron chi connectivity index (χ1n) is 4.92. The van der Waals surface area contributed by atoms with Gasteiger partial charge in [-0.2, -0.15) is 5.10 Å². The summed E-state index contributed by atoms with van der Waals surface area (Å²) in [7, 11) is 2.01. The second-order valence-corrected chi connectivity index (χ2v) is 3.51. The van der Waals surface area contributed by atoms with Crippen molar-refractivity contribution in [2.24, 2.45) is 5.92 Å². The summed E-state index contributed by atoms with van der Waals surface area (Å²) in [6, 6.07) is 2.48. The molecule has 0 saturated heterocycles. The van der Waals surface area contributed by atoms with Gasteiger partial charge in [0.05, 0.1) is 6.54 Å². The molecule has 1 N–H and O–H groups in total. The van der Waals surface area contributed by atoms with Crippen molar-refractivity contribution < 1.29 is 0 Å². The Morgan fingerprint density at radius 2 is 2.31 bits per heavy atom. The lowest BCUT2D eigenvalue weighted by atomic mass is 9.99. The maximum Gasteiger partial charge on any atom is 0.0565 e. The minimum atomic E-state index is 0.518. The monoisotopic (exact) mass is 181 g/mol. The van der Waals surface area contributed by atoms with Crippen molar-refractivity contribution >= 4 is 0 Å². The van der Waals surface area contributed by atoms with E-state index in [-0.39, 0.29) is 0 Å².